The summed E-state index contributed by atoms with van der Waals surface area (Å²) in [4.78, 5) is 4.17. The number of hydrogen-bond donors (Lipinski definition) is 1. The molecule has 1 heterocycles. The van der Waals surface area contributed by atoms with Crippen molar-refractivity contribution in [1.29, 1.82) is 0 Å². The van der Waals surface area contributed by atoms with Gasteiger partial charge in [0.25, 0.3) is 0 Å². The molecule has 100 valence electrons. The van der Waals surface area contributed by atoms with E-state index in [1.54, 1.807) is 0 Å². The highest BCUT2D eigenvalue weighted by Gasteiger charge is 2.33. The van der Waals surface area contributed by atoms with Crippen LogP contribution >= 0.6 is 0 Å². The van der Waals surface area contributed by atoms with E-state index in [1.807, 2.05) is 0 Å². The molecule has 0 saturated heterocycles. The summed E-state index contributed by atoms with van der Waals surface area (Å²) in [6.45, 7) is 0. The van der Waals surface area contributed by atoms with Gasteiger partial charge in [0, 0.05) is 12.5 Å². The Labute approximate surface area is 108 Å². The largest absolute Gasteiger partial charge is 0.338 e. The van der Waals surface area contributed by atoms with Crippen LogP contribution in [-0.2, 0) is 6.42 Å². The van der Waals surface area contributed by atoms with Gasteiger partial charge in [-0.2, -0.15) is 4.98 Å². The molecule has 2 aromatic rings. The average molecular weight is 265 g/mol. The lowest BCUT2D eigenvalue weighted by Crippen LogP contribution is -2.12. The van der Waals surface area contributed by atoms with Gasteiger partial charge < -0.3 is 10.3 Å². The number of benzene rings is 1. The molecule has 1 fully saturated rings. The molecule has 1 aromatic carbocycles. The van der Waals surface area contributed by atoms with E-state index in [-0.39, 0.29) is 12.5 Å². The minimum atomic E-state index is -0.613. The molecule has 0 aliphatic heterocycles. The normalized spacial score (nSPS) is 16.6. The quantitative estimate of drug-likeness (QED) is 0.921. The molecule has 1 atom stereocenters. The van der Waals surface area contributed by atoms with Crippen molar-refractivity contribution in [2.45, 2.75) is 25.3 Å². The van der Waals surface area contributed by atoms with Crippen LogP contribution in [0.4, 0.5) is 8.78 Å². The number of nitrogens with zero attached hydrogens (tertiary/aromatic N) is 2. The summed E-state index contributed by atoms with van der Waals surface area (Å²) in [5.74, 6) is -0.0591. The van der Waals surface area contributed by atoms with Crippen molar-refractivity contribution in [3.63, 3.8) is 0 Å². The van der Waals surface area contributed by atoms with Crippen molar-refractivity contribution in [2.24, 2.45) is 11.7 Å². The van der Waals surface area contributed by atoms with Gasteiger partial charge in [-0.3, -0.25) is 0 Å². The standard InChI is InChI=1S/C13H13F2N3O/c14-9-4-3-8(10(15)6-9)5-11-17-13(19-18-11)12(16)7-1-2-7/h3-4,6-7,12H,1-2,5,16H2. The van der Waals surface area contributed by atoms with Gasteiger partial charge in [0.2, 0.25) is 5.89 Å². The number of hydrogen-bond acceptors (Lipinski definition) is 4. The Hall–Kier alpha value is -1.82. The Morgan fingerprint density at radius 2 is 2.16 bits per heavy atom. The van der Waals surface area contributed by atoms with Crippen LogP contribution in [0.5, 0.6) is 0 Å². The molecular weight excluding hydrogens is 252 g/mol. The minimum absolute atomic E-state index is 0.160. The lowest BCUT2D eigenvalue weighted by atomic mass is 10.1. The first-order valence-electron chi connectivity index (χ1n) is 6.15. The zero-order chi connectivity index (χ0) is 13.4. The van der Waals surface area contributed by atoms with Gasteiger partial charge in [-0.05, 0) is 30.4 Å². The zero-order valence-corrected chi connectivity index (χ0v) is 10.1. The first-order chi connectivity index (χ1) is 9.13. The Balaban J connectivity index is 1.76. The lowest BCUT2D eigenvalue weighted by molar-refractivity contribution is 0.340. The van der Waals surface area contributed by atoms with Crippen LogP contribution in [0, 0.1) is 17.6 Å². The van der Waals surface area contributed by atoms with E-state index < -0.39 is 11.6 Å². The van der Waals surface area contributed by atoms with Crippen LogP contribution in [0.3, 0.4) is 0 Å². The van der Waals surface area contributed by atoms with Crippen LogP contribution in [-0.4, -0.2) is 10.1 Å². The van der Waals surface area contributed by atoms with Crippen molar-refractivity contribution < 1.29 is 13.3 Å². The second-order valence-corrected chi connectivity index (χ2v) is 4.82. The Kier molecular flexibility index (Phi) is 3.02. The highest BCUT2D eigenvalue weighted by molar-refractivity contribution is 5.21. The molecule has 0 radical (unpaired) electrons. The summed E-state index contributed by atoms with van der Waals surface area (Å²) in [6, 6.07) is 3.18. The molecule has 2 N–H and O–H groups in total. The number of nitrogens with two attached hydrogens (primary N) is 1. The second-order valence-electron chi connectivity index (χ2n) is 4.82. The van der Waals surface area contributed by atoms with E-state index in [0.29, 0.717) is 23.2 Å². The molecule has 1 saturated carbocycles. The van der Waals surface area contributed by atoms with Crippen LogP contribution < -0.4 is 5.73 Å². The average Bonchev–Trinajstić information content (AvgIpc) is 3.12. The summed E-state index contributed by atoms with van der Waals surface area (Å²) < 4.78 is 31.4. The predicted octanol–water partition coefficient (Wildman–Crippen LogP) is 2.35. The maximum absolute atomic E-state index is 13.5. The molecule has 19 heavy (non-hydrogen) atoms. The maximum atomic E-state index is 13.5. The van der Waals surface area contributed by atoms with Crippen LogP contribution in [0.2, 0.25) is 0 Å². The van der Waals surface area contributed by atoms with Gasteiger partial charge in [0.05, 0.1) is 6.04 Å². The molecule has 1 unspecified atom stereocenters. The summed E-state index contributed by atoms with van der Waals surface area (Å²) in [5.41, 5.74) is 6.26. The molecule has 1 aliphatic carbocycles. The molecule has 1 aliphatic rings. The highest BCUT2D eigenvalue weighted by Crippen LogP contribution is 2.38. The fraction of sp³-hybridized carbons (Fsp3) is 0.385. The van der Waals surface area contributed by atoms with Crippen LogP contribution in [0.25, 0.3) is 0 Å². The second kappa shape index (κ2) is 4.70. The molecule has 3 rings (SSSR count). The lowest BCUT2D eigenvalue weighted by Gasteiger charge is -2.01. The molecule has 4 nitrogen and oxygen atoms in total. The Morgan fingerprint density at radius 3 is 2.84 bits per heavy atom. The smallest absolute Gasteiger partial charge is 0.243 e. The van der Waals surface area contributed by atoms with Gasteiger partial charge in [-0.1, -0.05) is 11.2 Å². The Morgan fingerprint density at radius 1 is 1.37 bits per heavy atom. The van der Waals surface area contributed by atoms with Gasteiger partial charge in [-0.15, -0.1) is 0 Å². The Bertz CT molecular complexity index is 595. The summed E-state index contributed by atoms with van der Waals surface area (Å²) >= 11 is 0. The third-order valence-electron chi connectivity index (χ3n) is 3.26. The number of rotatable bonds is 4. The van der Waals surface area contributed by atoms with Gasteiger partial charge in [0.15, 0.2) is 5.82 Å². The molecule has 0 amide bonds. The highest BCUT2D eigenvalue weighted by atomic mass is 19.1. The fourth-order valence-electron chi connectivity index (χ4n) is 1.97. The van der Waals surface area contributed by atoms with Crippen molar-refractivity contribution in [3.8, 4) is 0 Å². The van der Waals surface area contributed by atoms with E-state index in [9.17, 15) is 8.78 Å². The first kappa shape index (κ1) is 12.2. The van der Waals surface area contributed by atoms with Crippen molar-refractivity contribution in [3.05, 3.63) is 47.1 Å². The minimum Gasteiger partial charge on any atom is -0.338 e. The third-order valence-corrected chi connectivity index (χ3v) is 3.26. The molecule has 0 bridgehead atoms. The van der Waals surface area contributed by atoms with E-state index >= 15 is 0 Å². The number of aromatic nitrogens is 2. The zero-order valence-electron chi connectivity index (χ0n) is 10.1. The van der Waals surface area contributed by atoms with Crippen molar-refractivity contribution in [2.75, 3.05) is 0 Å². The van der Waals surface area contributed by atoms with Gasteiger partial charge in [-0.25, -0.2) is 8.78 Å². The molecule has 6 heteroatoms. The van der Waals surface area contributed by atoms with Gasteiger partial charge >= 0.3 is 0 Å². The van der Waals surface area contributed by atoms with Crippen molar-refractivity contribution >= 4 is 0 Å². The predicted molar refractivity (Wildman–Crippen MR) is 63.1 cm³/mol. The van der Waals surface area contributed by atoms with Crippen molar-refractivity contribution in [1.82, 2.24) is 10.1 Å². The summed E-state index contributed by atoms with van der Waals surface area (Å²) in [6.07, 6.45) is 2.31. The van der Waals surface area contributed by atoms with Crippen LogP contribution in [0.15, 0.2) is 22.7 Å². The maximum Gasteiger partial charge on any atom is 0.243 e. The summed E-state index contributed by atoms with van der Waals surface area (Å²) in [5, 5.41) is 3.78. The first-order valence-corrected chi connectivity index (χ1v) is 6.15. The fourth-order valence-corrected chi connectivity index (χ4v) is 1.97. The summed E-state index contributed by atoms with van der Waals surface area (Å²) in [7, 11) is 0. The van der Waals surface area contributed by atoms with E-state index in [4.69, 9.17) is 10.3 Å². The molecular formula is C13H13F2N3O. The monoisotopic (exact) mass is 265 g/mol. The molecule has 1 aromatic heterocycles. The third kappa shape index (κ3) is 2.63. The topological polar surface area (TPSA) is 64.9 Å². The van der Waals surface area contributed by atoms with Crippen LogP contribution in [0.1, 0.15) is 36.2 Å². The number of halogens is 2. The van der Waals surface area contributed by atoms with Gasteiger partial charge in [0.1, 0.15) is 11.6 Å². The van der Waals surface area contributed by atoms with E-state index in [0.717, 1.165) is 18.9 Å². The van der Waals surface area contributed by atoms with E-state index in [2.05, 4.69) is 10.1 Å². The van der Waals surface area contributed by atoms with E-state index in [1.165, 1.54) is 12.1 Å². The molecule has 0 spiro atoms. The SMILES string of the molecule is NC(c1nc(Cc2ccc(F)cc2F)no1)C1CC1.